The number of hydrogen-bond donors (Lipinski definition) is 0. The molecular weight excluding hydrogens is 188 g/mol. The van der Waals surface area contributed by atoms with Gasteiger partial charge >= 0.3 is 0 Å². The molecule has 0 aromatic carbocycles. The molecule has 0 radical (unpaired) electrons. The zero-order valence-corrected chi connectivity index (χ0v) is 8.34. The van der Waals surface area contributed by atoms with Crippen molar-refractivity contribution in [2.45, 2.75) is 23.9 Å². The summed E-state index contributed by atoms with van der Waals surface area (Å²) in [6.07, 6.45) is 3.94. The molecule has 0 unspecified atom stereocenters. The molecule has 0 aliphatic carbocycles. The molecule has 0 N–H and O–H groups in total. The van der Waals surface area contributed by atoms with Gasteiger partial charge < -0.3 is 9.26 Å². The molecule has 2 heterocycles. The van der Waals surface area contributed by atoms with Gasteiger partial charge in [-0.15, -0.1) is 0 Å². The second kappa shape index (κ2) is 4.11. The van der Waals surface area contributed by atoms with Crippen LogP contribution in [0.15, 0.2) is 9.68 Å². The molecule has 4 nitrogen and oxygen atoms in total. The minimum absolute atomic E-state index is 0.405. The Hall–Kier alpha value is -0.550. The van der Waals surface area contributed by atoms with Gasteiger partial charge in [-0.1, -0.05) is 16.9 Å². The van der Waals surface area contributed by atoms with Gasteiger partial charge in [-0.05, 0) is 19.1 Å². The van der Waals surface area contributed by atoms with Crippen molar-refractivity contribution in [1.82, 2.24) is 10.1 Å². The fraction of sp³-hybridized carbons (Fsp3) is 0.750. The molecule has 1 saturated heterocycles. The zero-order valence-electron chi connectivity index (χ0n) is 7.52. The number of aromatic nitrogens is 2. The lowest BCUT2D eigenvalue weighted by Crippen LogP contribution is -2.14. The second-order valence-electron chi connectivity index (χ2n) is 3.01. The highest BCUT2D eigenvalue weighted by molar-refractivity contribution is 7.98. The average molecular weight is 200 g/mol. The number of nitrogens with zero attached hydrogens (tertiary/aromatic N) is 2. The monoisotopic (exact) mass is 200 g/mol. The van der Waals surface area contributed by atoms with Gasteiger partial charge in [-0.2, -0.15) is 4.98 Å². The van der Waals surface area contributed by atoms with Gasteiger partial charge in [0.2, 0.25) is 11.0 Å². The van der Waals surface area contributed by atoms with Gasteiger partial charge in [0, 0.05) is 19.1 Å². The van der Waals surface area contributed by atoms with Crippen molar-refractivity contribution in [1.29, 1.82) is 0 Å². The molecule has 1 aliphatic rings. The first-order valence-electron chi connectivity index (χ1n) is 4.35. The quantitative estimate of drug-likeness (QED) is 0.680. The molecule has 5 heteroatoms. The minimum atomic E-state index is 0.405. The number of hydrogen-bond acceptors (Lipinski definition) is 5. The van der Waals surface area contributed by atoms with Crippen LogP contribution in [0.5, 0.6) is 0 Å². The van der Waals surface area contributed by atoms with Crippen molar-refractivity contribution in [2.24, 2.45) is 0 Å². The highest BCUT2D eigenvalue weighted by atomic mass is 32.2. The number of rotatable bonds is 2. The van der Waals surface area contributed by atoms with E-state index in [0.717, 1.165) is 37.1 Å². The first-order valence-corrected chi connectivity index (χ1v) is 5.58. The van der Waals surface area contributed by atoms with Gasteiger partial charge in [0.25, 0.3) is 0 Å². The van der Waals surface area contributed by atoms with Crippen LogP contribution in [-0.4, -0.2) is 29.6 Å². The highest BCUT2D eigenvalue weighted by Gasteiger charge is 2.21. The molecule has 0 spiro atoms. The van der Waals surface area contributed by atoms with Crippen LogP contribution in [-0.2, 0) is 4.74 Å². The summed E-state index contributed by atoms with van der Waals surface area (Å²) >= 11 is 1.51. The third kappa shape index (κ3) is 2.03. The van der Waals surface area contributed by atoms with Crippen molar-refractivity contribution in [3.63, 3.8) is 0 Å². The Bertz CT molecular complexity index is 271. The lowest BCUT2D eigenvalue weighted by molar-refractivity contribution is 0.0778. The molecule has 0 bridgehead atoms. The maximum Gasteiger partial charge on any atom is 0.230 e. The van der Waals surface area contributed by atoms with Gasteiger partial charge in [0.1, 0.15) is 0 Å². The number of ether oxygens (including phenoxy) is 1. The third-order valence-electron chi connectivity index (χ3n) is 2.18. The minimum Gasteiger partial charge on any atom is -0.381 e. The summed E-state index contributed by atoms with van der Waals surface area (Å²) in [5.74, 6) is 1.18. The standard InChI is InChI=1S/C8H12N2O2S/c1-13-8-9-7(12-10-8)6-2-4-11-5-3-6/h6H,2-5H2,1H3. The van der Waals surface area contributed by atoms with Crippen LogP contribution >= 0.6 is 11.8 Å². The van der Waals surface area contributed by atoms with Crippen molar-refractivity contribution in [3.8, 4) is 0 Å². The molecular formula is C8H12N2O2S. The Morgan fingerprint density at radius 3 is 2.77 bits per heavy atom. The summed E-state index contributed by atoms with van der Waals surface area (Å²) in [7, 11) is 0. The van der Waals surface area contributed by atoms with E-state index < -0.39 is 0 Å². The van der Waals surface area contributed by atoms with Crippen molar-refractivity contribution < 1.29 is 9.26 Å². The maximum atomic E-state index is 5.26. The summed E-state index contributed by atoms with van der Waals surface area (Å²) in [5.41, 5.74) is 0. The predicted octanol–water partition coefficient (Wildman–Crippen LogP) is 1.69. The zero-order chi connectivity index (χ0) is 9.10. The van der Waals surface area contributed by atoms with Gasteiger partial charge in [0.15, 0.2) is 0 Å². The van der Waals surface area contributed by atoms with Crippen LogP contribution in [0.1, 0.15) is 24.7 Å². The van der Waals surface area contributed by atoms with Crippen LogP contribution in [0.3, 0.4) is 0 Å². The third-order valence-corrected chi connectivity index (χ3v) is 2.71. The van der Waals surface area contributed by atoms with Crippen LogP contribution in [0.2, 0.25) is 0 Å². The topological polar surface area (TPSA) is 48.2 Å². The normalized spacial score (nSPS) is 19.2. The Balaban J connectivity index is 2.05. The molecule has 0 amide bonds. The van der Waals surface area contributed by atoms with Crippen molar-refractivity contribution in [3.05, 3.63) is 5.89 Å². The molecule has 13 heavy (non-hydrogen) atoms. The summed E-state index contributed by atoms with van der Waals surface area (Å²) in [6, 6.07) is 0. The Morgan fingerprint density at radius 1 is 1.38 bits per heavy atom. The van der Waals surface area contributed by atoms with Gasteiger partial charge in [-0.25, -0.2) is 0 Å². The van der Waals surface area contributed by atoms with Crippen molar-refractivity contribution >= 4 is 11.8 Å². The molecule has 1 aromatic rings. The van der Waals surface area contributed by atoms with E-state index in [0.29, 0.717) is 5.92 Å². The van der Waals surface area contributed by atoms with E-state index in [-0.39, 0.29) is 0 Å². The SMILES string of the molecule is CSc1noc(C2CCOCC2)n1. The number of thioether (sulfide) groups is 1. The van der Waals surface area contributed by atoms with E-state index in [2.05, 4.69) is 10.1 Å². The average Bonchev–Trinajstić information content (AvgIpc) is 2.67. The molecule has 2 rings (SSSR count). The first kappa shape index (κ1) is 9.02. The first-order chi connectivity index (χ1) is 6.40. The van der Waals surface area contributed by atoms with E-state index in [4.69, 9.17) is 9.26 Å². The predicted molar refractivity (Wildman–Crippen MR) is 48.9 cm³/mol. The molecule has 0 saturated carbocycles. The molecule has 72 valence electrons. The van der Waals surface area contributed by atoms with E-state index >= 15 is 0 Å². The summed E-state index contributed by atoms with van der Waals surface area (Å²) in [4.78, 5) is 4.28. The lowest BCUT2D eigenvalue weighted by atomic mass is 10.0. The Labute approximate surface area is 81.0 Å². The Kier molecular flexibility index (Phi) is 2.85. The van der Waals surface area contributed by atoms with Crippen LogP contribution in [0, 0.1) is 0 Å². The van der Waals surface area contributed by atoms with Gasteiger partial charge in [0.05, 0.1) is 0 Å². The van der Waals surface area contributed by atoms with Crippen LogP contribution < -0.4 is 0 Å². The van der Waals surface area contributed by atoms with Crippen LogP contribution in [0.25, 0.3) is 0 Å². The molecule has 1 aromatic heterocycles. The summed E-state index contributed by atoms with van der Waals surface area (Å²) in [5, 5.41) is 4.57. The summed E-state index contributed by atoms with van der Waals surface area (Å²) in [6.45, 7) is 1.61. The smallest absolute Gasteiger partial charge is 0.230 e. The second-order valence-corrected chi connectivity index (χ2v) is 3.78. The van der Waals surface area contributed by atoms with Crippen LogP contribution in [0.4, 0.5) is 0 Å². The lowest BCUT2D eigenvalue weighted by Gasteiger charge is -2.17. The molecule has 0 atom stereocenters. The fourth-order valence-electron chi connectivity index (χ4n) is 1.41. The maximum absolute atomic E-state index is 5.26. The van der Waals surface area contributed by atoms with E-state index in [1.165, 1.54) is 11.8 Å². The van der Waals surface area contributed by atoms with E-state index in [1.807, 2.05) is 6.26 Å². The Morgan fingerprint density at radius 2 is 2.15 bits per heavy atom. The highest BCUT2D eigenvalue weighted by Crippen LogP contribution is 2.26. The molecule has 1 fully saturated rings. The van der Waals surface area contributed by atoms with Crippen molar-refractivity contribution in [2.75, 3.05) is 19.5 Å². The van der Waals surface area contributed by atoms with E-state index in [9.17, 15) is 0 Å². The molecule has 1 aliphatic heterocycles. The van der Waals surface area contributed by atoms with E-state index in [1.54, 1.807) is 0 Å². The largest absolute Gasteiger partial charge is 0.381 e. The fourth-order valence-corrected chi connectivity index (χ4v) is 1.71. The van der Waals surface area contributed by atoms with Gasteiger partial charge in [-0.3, -0.25) is 0 Å². The summed E-state index contributed by atoms with van der Waals surface area (Å²) < 4.78 is 10.4.